The van der Waals surface area contributed by atoms with Crippen LogP contribution in [0.4, 0.5) is 0 Å². The Kier molecular flexibility index (Phi) is 5.04. The fourth-order valence-corrected chi connectivity index (χ4v) is 2.77. The number of aryl methyl sites for hydroxylation is 1. The predicted octanol–water partition coefficient (Wildman–Crippen LogP) is 3.73. The minimum absolute atomic E-state index is 0.367. The zero-order chi connectivity index (χ0) is 13.0. The first kappa shape index (κ1) is 13.9. The molecule has 1 fully saturated rings. The third kappa shape index (κ3) is 3.25. The number of halogens is 1. The summed E-state index contributed by atoms with van der Waals surface area (Å²) in [5.41, 5.74) is 2.63. The molecule has 0 saturated carbocycles. The van der Waals surface area contributed by atoms with Gasteiger partial charge in [-0.05, 0) is 49.6 Å². The Morgan fingerprint density at radius 2 is 2.33 bits per heavy atom. The summed E-state index contributed by atoms with van der Waals surface area (Å²) in [4.78, 5) is 0. The lowest BCUT2D eigenvalue weighted by atomic mass is 9.89. The number of rotatable bonds is 5. The molecule has 1 saturated heterocycles. The van der Waals surface area contributed by atoms with Crippen molar-refractivity contribution < 1.29 is 4.74 Å². The van der Waals surface area contributed by atoms with Gasteiger partial charge in [-0.1, -0.05) is 24.6 Å². The number of ether oxygens (including phenoxy) is 1. The Labute approximate surface area is 115 Å². The molecule has 2 atom stereocenters. The van der Waals surface area contributed by atoms with Gasteiger partial charge in [-0.2, -0.15) is 0 Å². The second kappa shape index (κ2) is 6.55. The van der Waals surface area contributed by atoms with E-state index in [4.69, 9.17) is 16.3 Å². The van der Waals surface area contributed by atoms with Crippen LogP contribution in [0.15, 0.2) is 18.2 Å². The number of nitrogens with one attached hydrogen (secondary N) is 1. The molecule has 0 aliphatic carbocycles. The molecule has 1 aromatic carbocycles. The molecule has 0 spiro atoms. The van der Waals surface area contributed by atoms with Gasteiger partial charge >= 0.3 is 0 Å². The summed E-state index contributed by atoms with van der Waals surface area (Å²) in [5.74, 6) is 0.564. The van der Waals surface area contributed by atoms with Gasteiger partial charge in [0.25, 0.3) is 0 Å². The van der Waals surface area contributed by atoms with E-state index in [0.717, 1.165) is 37.6 Å². The average molecular weight is 268 g/mol. The van der Waals surface area contributed by atoms with Crippen LogP contribution in [-0.2, 0) is 4.74 Å². The molecule has 3 heteroatoms. The fourth-order valence-electron chi connectivity index (χ4n) is 2.59. The molecule has 0 amide bonds. The maximum Gasteiger partial charge on any atom is 0.0513 e. The van der Waals surface area contributed by atoms with Gasteiger partial charge in [0.1, 0.15) is 0 Å². The molecule has 2 nitrogen and oxygen atoms in total. The van der Waals surface area contributed by atoms with Gasteiger partial charge in [0.2, 0.25) is 0 Å². The quantitative estimate of drug-likeness (QED) is 0.878. The summed E-state index contributed by atoms with van der Waals surface area (Å²) in [6, 6.07) is 6.53. The van der Waals surface area contributed by atoms with Crippen molar-refractivity contribution in [3.05, 3.63) is 34.3 Å². The predicted molar refractivity (Wildman–Crippen MR) is 76.1 cm³/mol. The summed E-state index contributed by atoms with van der Waals surface area (Å²) in [5, 5.41) is 4.47. The van der Waals surface area contributed by atoms with E-state index in [1.165, 1.54) is 11.1 Å². The first-order valence-electron chi connectivity index (χ1n) is 6.79. The van der Waals surface area contributed by atoms with Crippen molar-refractivity contribution in [2.45, 2.75) is 32.7 Å². The van der Waals surface area contributed by atoms with Gasteiger partial charge < -0.3 is 10.1 Å². The standard InChI is InChI=1S/C15H22ClNO/c1-3-7-17-15(12-6-8-18-10-12)14-9-13(16)5-4-11(14)2/h4-5,9,12,15,17H,3,6-8,10H2,1-2H3. The first-order chi connectivity index (χ1) is 8.72. The minimum Gasteiger partial charge on any atom is -0.381 e. The molecule has 2 rings (SSSR count). The van der Waals surface area contributed by atoms with Crippen molar-refractivity contribution in [3.8, 4) is 0 Å². The highest BCUT2D eigenvalue weighted by atomic mass is 35.5. The van der Waals surface area contributed by atoms with Gasteiger partial charge in [0, 0.05) is 23.6 Å². The molecular formula is C15H22ClNO. The Hall–Kier alpha value is -0.570. The third-order valence-corrected chi connectivity index (χ3v) is 3.86. The second-order valence-corrected chi connectivity index (χ2v) is 5.49. The Bertz CT molecular complexity index is 388. The van der Waals surface area contributed by atoms with Crippen LogP contribution >= 0.6 is 11.6 Å². The summed E-state index contributed by atoms with van der Waals surface area (Å²) in [6.07, 6.45) is 2.27. The Morgan fingerprint density at radius 1 is 1.50 bits per heavy atom. The minimum atomic E-state index is 0.367. The molecule has 1 aliphatic heterocycles. The van der Waals surface area contributed by atoms with Crippen LogP contribution in [0.5, 0.6) is 0 Å². The largest absolute Gasteiger partial charge is 0.381 e. The normalized spacial score (nSPS) is 21.2. The second-order valence-electron chi connectivity index (χ2n) is 5.06. The average Bonchev–Trinajstić information content (AvgIpc) is 2.88. The molecule has 2 unspecified atom stereocenters. The van der Waals surface area contributed by atoms with Crippen LogP contribution in [0, 0.1) is 12.8 Å². The summed E-state index contributed by atoms with van der Waals surface area (Å²) in [6.45, 7) is 7.12. The molecule has 1 N–H and O–H groups in total. The van der Waals surface area contributed by atoms with Crippen LogP contribution in [0.1, 0.15) is 36.9 Å². The molecule has 100 valence electrons. The molecule has 0 aromatic heterocycles. The maximum atomic E-state index is 6.14. The zero-order valence-corrected chi connectivity index (χ0v) is 12.0. The lowest BCUT2D eigenvalue weighted by Gasteiger charge is -2.26. The van der Waals surface area contributed by atoms with Gasteiger partial charge in [0.05, 0.1) is 6.61 Å². The molecule has 1 aromatic rings. The SMILES string of the molecule is CCCNC(c1cc(Cl)ccc1C)C1CCOC1. The van der Waals surface area contributed by atoms with E-state index in [1.54, 1.807) is 0 Å². The van der Waals surface area contributed by atoms with Crippen LogP contribution in [0.3, 0.4) is 0 Å². The van der Waals surface area contributed by atoms with Crippen LogP contribution in [0.25, 0.3) is 0 Å². The van der Waals surface area contributed by atoms with Gasteiger partial charge in [-0.3, -0.25) is 0 Å². The number of benzene rings is 1. The lowest BCUT2D eigenvalue weighted by Crippen LogP contribution is -2.30. The van der Waals surface area contributed by atoms with E-state index in [2.05, 4.69) is 31.3 Å². The van der Waals surface area contributed by atoms with Gasteiger partial charge in [-0.15, -0.1) is 0 Å². The van der Waals surface area contributed by atoms with E-state index in [0.29, 0.717) is 12.0 Å². The van der Waals surface area contributed by atoms with Gasteiger partial charge in [-0.25, -0.2) is 0 Å². The van der Waals surface area contributed by atoms with Crippen LogP contribution < -0.4 is 5.32 Å². The Morgan fingerprint density at radius 3 is 3.00 bits per heavy atom. The summed E-state index contributed by atoms with van der Waals surface area (Å²) < 4.78 is 5.54. The maximum absolute atomic E-state index is 6.14. The Balaban J connectivity index is 2.23. The monoisotopic (exact) mass is 267 g/mol. The van der Waals surface area contributed by atoms with E-state index in [9.17, 15) is 0 Å². The van der Waals surface area contributed by atoms with E-state index >= 15 is 0 Å². The zero-order valence-electron chi connectivity index (χ0n) is 11.2. The summed E-state index contributed by atoms with van der Waals surface area (Å²) >= 11 is 6.14. The van der Waals surface area contributed by atoms with Crippen molar-refractivity contribution in [2.75, 3.05) is 19.8 Å². The topological polar surface area (TPSA) is 21.3 Å². The number of hydrogen-bond acceptors (Lipinski definition) is 2. The smallest absolute Gasteiger partial charge is 0.0513 e. The molecule has 18 heavy (non-hydrogen) atoms. The van der Waals surface area contributed by atoms with Crippen LogP contribution in [0.2, 0.25) is 5.02 Å². The molecule has 1 aliphatic rings. The number of hydrogen-bond donors (Lipinski definition) is 1. The van der Waals surface area contributed by atoms with E-state index in [1.807, 2.05) is 6.07 Å². The van der Waals surface area contributed by atoms with Crippen molar-refractivity contribution in [2.24, 2.45) is 5.92 Å². The summed E-state index contributed by atoms with van der Waals surface area (Å²) in [7, 11) is 0. The highest BCUT2D eigenvalue weighted by Gasteiger charge is 2.27. The van der Waals surface area contributed by atoms with E-state index in [-0.39, 0.29) is 0 Å². The molecular weight excluding hydrogens is 246 g/mol. The fraction of sp³-hybridized carbons (Fsp3) is 0.600. The first-order valence-corrected chi connectivity index (χ1v) is 7.17. The lowest BCUT2D eigenvalue weighted by molar-refractivity contribution is 0.176. The van der Waals surface area contributed by atoms with Crippen LogP contribution in [-0.4, -0.2) is 19.8 Å². The van der Waals surface area contributed by atoms with Gasteiger partial charge in [0.15, 0.2) is 0 Å². The molecule has 1 heterocycles. The molecule has 0 radical (unpaired) electrons. The van der Waals surface area contributed by atoms with Crippen molar-refractivity contribution in [1.29, 1.82) is 0 Å². The highest BCUT2D eigenvalue weighted by molar-refractivity contribution is 6.30. The molecule has 0 bridgehead atoms. The third-order valence-electron chi connectivity index (χ3n) is 3.63. The van der Waals surface area contributed by atoms with Crippen molar-refractivity contribution >= 4 is 11.6 Å². The highest BCUT2D eigenvalue weighted by Crippen LogP contribution is 2.32. The van der Waals surface area contributed by atoms with E-state index < -0.39 is 0 Å². The van der Waals surface area contributed by atoms with Crippen molar-refractivity contribution in [1.82, 2.24) is 5.32 Å². The van der Waals surface area contributed by atoms with Crippen molar-refractivity contribution in [3.63, 3.8) is 0 Å².